The molecular weight excluding hydrogens is 197 g/mol. The molecule has 68 valence electrons. The van der Waals surface area contributed by atoms with Gasteiger partial charge in [0.15, 0.2) is 0 Å². The van der Waals surface area contributed by atoms with Crippen molar-refractivity contribution in [3.8, 4) is 0 Å². The predicted molar refractivity (Wildman–Crippen MR) is 52.7 cm³/mol. The Labute approximate surface area is 82.8 Å². The summed E-state index contributed by atoms with van der Waals surface area (Å²) in [6.45, 7) is -0.0400. The maximum Gasteiger partial charge on any atom is 0.0624 e. The Bertz CT molecular complexity index is 225. The second kappa shape index (κ2) is 5.38. The number of hydrogen-bond donors (Lipinski definition) is 2. The highest BCUT2D eigenvalue weighted by molar-refractivity contribution is 6.30. The minimum atomic E-state index is -0.299. The van der Waals surface area contributed by atoms with E-state index in [4.69, 9.17) is 22.4 Å². The van der Waals surface area contributed by atoms with Crippen molar-refractivity contribution >= 4 is 24.0 Å². The smallest absolute Gasteiger partial charge is 0.0624 e. The van der Waals surface area contributed by atoms with E-state index in [1.54, 1.807) is 12.1 Å². The fraction of sp³-hybridized carbons (Fsp3) is 0.250. The summed E-state index contributed by atoms with van der Waals surface area (Å²) in [6.07, 6.45) is 0. The Balaban J connectivity index is 0.00000121. The highest BCUT2D eigenvalue weighted by atomic mass is 35.5. The molecule has 4 heteroatoms. The first-order valence-corrected chi connectivity index (χ1v) is 3.73. The summed E-state index contributed by atoms with van der Waals surface area (Å²) < 4.78 is 0. The number of rotatable bonds is 2. The summed E-state index contributed by atoms with van der Waals surface area (Å²) >= 11 is 5.66. The fourth-order valence-electron chi connectivity index (χ4n) is 0.815. The predicted octanol–water partition coefficient (Wildman–Crippen LogP) is 1.75. The lowest BCUT2D eigenvalue weighted by molar-refractivity contribution is 0.268. The summed E-state index contributed by atoms with van der Waals surface area (Å²) in [5, 5.41) is 9.38. The van der Waals surface area contributed by atoms with E-state index in [2.05, 4.69) is 0 Å². The largest absolute Gasteiger partial charge is 0.394 e. The van der Waals surface area contributed by atoms with Gasteiger partial charge in [0.05, 0.1) is 12.6 Å². The fourth-order valence-corrected chi connectivity index (χ4v) is 0.941. The SMILES string of the molecule is Cl.NC(CO)c1ccc(Cl)cc1. The van der Waals surface area contributed by atoms with E-state index >= 15 is 0 Å². The summed E-state index contributed by atoms with van der Waals surface area (Å²) in [4.78, 5) is 0. The van der Waals surface area contributed by atoms with Gasteiger partial charge >= 0.3 is 0 Å². The molecule has 0 saturated carbocycles. The van der Waals surface area contributed by atoms with E-state index in [-0.39, 0.29) is 25.1 Å². The molecule has 1 atom stereocenters. The van der Waals surface area contributed by atoms with Gasteiger partial charge in [0.1, 0.15) is 0 Å². The molecule has 3 N–H and O–H groups in total. The van der Waals surface area contributed by atoms with Crippen molar-refractivity contribution in [3.05, 3.63) is 34.9 Å². The van der Waals surface area contributed by atoms with Gasteiger partial charge in [-0.2, -0.15) is 0 Å². The average molecular weight is 208 g/mol. The number of aliphatic hydroxyl groups excluding tert-OH is 1. The third-order valence-corrected chi connectivity index (χ3v) is 1.75. The van der Waals surface area contributed by atoms with Crippen LogP contribution in [0.25, 0.3) is 0 Å². The first kappa shape index (κ1) is 11.7. The molecule has 0 heterocycles. The second-order valence-corrected chi connectivity index (χ2v) is 2.78. The van der Waals surface area contributed by atoms with Gasteiger partial charge in [-0.25, -0.2) is 0 Å². The van der Waals surface area contributed by atoms with Crippen LogP contribution in [0.3, 0.4) is 0 Å². The molecule has 12 heavy (non-hydrogen) atoms. The zero-order valence-electron chi connectivity index (χ0n) is 6.40. The summed E-state index contributed by atoms with van der Waals surface area (Å²) in [5.74, 6) is 0. The molecule has 0 saturated heterocycles. The monoisotopic (exact) mass is 207 g/mol. The highest BCUT2D eigenvalue weighted by Crippen LogP contribution is 2.13. The first-order chi connectivity index (χ1) is 5.24. The van der Waals surface area contributed by atoms with Gasteiger partial charge in [0.25, 0.3) is 0 Å². The maximum absolute atomic E-state index is 8.70. The number of nitrogens with two attached hydrogens (primary N) is 1. The maximum atomic E-state index is 8.70. The molecular formula is C8H11Cl2NO. The van der Waals surface area contributed by atoms with Crippen molar-refractivity contribution in [3.63, 3.8) is 0 Å². The minimum Gasteiger partial charge on any atom is -0.394 e. The van der Waals surface area contributed by atoms with Crippen LogP contribution in [-0.4, -0.2) is 11.7 Å². The molecule has 0 amide bonds. The lowest BCUT2D eigenvalue weighted by Gasteiger charge is -2.07. The lowest BCUT2D eigenvalue weighted by Crippen LogP contribution is -2.13. The molecule has 1 aromatic rings. The zero-order chi connectivity index (χ0) is 8.27. The molecule has 2 nitrogen and oxygen atoms in total. The quantitative estimate of drug-likeness (QED) is 0.777. The highest BCUT2D eigenvalue weighted by Gasteiger charge is 2.02. The second-order valence-electron chi connectivity index (χ2n) is 2.34. The van der Waals surface area contributed by atoms with Crippen LogP contribution in [0.2, 0.25) is 5.02 Å². The number of aliphatic hydroxyl groups is 1. The van der Waals surface area contributed by atoms with E-state index in [0.717, 1.165) is 5.56 Å². The van der Waals surface area contributed by atoms with Gasteiger partial charge in [-0.15, -0.1) is 12.4 Å². The topological polar surface area (TPSA) is 46.2 Å². The van der Waals surface area contributed by atoms with Crippen molar-refractivity contribution in [1.29, 1.82) is 0 Å². The van der Waals surface area contributed by atoms with E-state index < -0.39 is 0 Å². The van der Waals surface area contributed by atoms with Crippen LogP contribution in [0.5, 0.6) is 0 Å². The molecule has 0 fully saturated rings. The van der Waals surface area contributed by atoms with Crippen LogP contribution >= 0.6 is 24.0 Å². The molecule has 0 aliphatic heterocycles. The van der Waals surface area contributed by atoms with Crippen molar-refractivity contribution in [2.24, 2.45) is 5.73 Å². The third-order valence-electron chi connectivity index (χ3n) is 1.49. The van der Waals surface area contributed by atoms with Crippen molar-refractivity contribution < 1.29 is 5.11 Å². The normalized spacial score (nSPS) is 11.9. The summed E-state index contributed by atoms with van der Waals surface area (Å²) in [6, 6.07) is 6.83. The standard InChI is InChI=1S/C8H10ClNO.ClH/c9-7-3-1-6(2-4-7)8(10)5-11;/h1-4,8,11H,5,10H2;1H. The molecule has 1 aromatic carbocycles. The van der Waals surface area contributed by atoms with Crippen LogP contribution in [0.4, 0.5) is 0 Å². The Hall–Kier alpha value is -0.280. The van der Waals surface area contributed by atoms with Crippen molar-refractivity contribution in [2.75, 3.05) is 6.61 Å². The van der Waals surface area contributed by atoms with E-state index in [1.165, 1.54) is 0 Å². The first-order valence-electron chi connectivity index (χ1n) is 3.36. The average Bonchev–Trinajstić information content (AvgIpc) is 2.05. The molecule has 0 bridgehead atoms. The van der Waals surface area contributed by atoms with E-state index in [0.29, 0.717) is 5.02 Å². The summed E-state index contributed by atoms with van der Waals surface area (Å²) in [5.41, 5.74) is 6.45. The number of benzene rings is 1. The van der Waals surface area contributed by atoms with E-state index in [1.807, 2.05) is 12.1 Å². The summed E-state index contributed by atoms with van der Waals surface area (Å²) in [7, 11) is 0. The van der Waals surface area contributed by atoms with Crippen molar-refractivity contribution in [2.45, 2.75) is 6.04 Å². The molecule has 1 unspecified atom stereocenters. The molecule has 0 aliphatic carbocycles. The Morgan fingerprint density at radius 1 is 1.33 bits per heavy atom. The van der Waals surface area contributed by atoms with Crippen LogP contribution < -0.4 is 5.73 Å². The van der Waals surface area contributed by atoms with Gasteiger partial charge in [-0.05, 0) is 17.7 Å². The van der Waals surface area contributed by atoms with Gasteiger partial charge in [0, 0.05) is 5.02 Å². The lowest BCUT2D eigenvalue weighted by atomic mass is 10.1. The molecule has 1 rings (SSSR count). The molecule has 0 aromatic heterocycles. The van der Waals surface area contributed by atoms with Crippen LogP contribution in [0.1, 0.15) is 11.6 Å². The van der Waals surface area contributed by atoms with Crippen LogP contribution in [0.15, 0.2) is 24.3 Å². The van der Waals surface area contributed by atoms with Crippen LogP contribution in [0, 0.1) is 0 Å². The molecule has 0 spiro atoms. The Morgan fingerprint density at radius 3 is 2.25 bits per heavy atom. The molecule has 0 aliphatic rings. The van der Waals surface area contributed by atoms with Crippen molar-refractivity contribution in [1.82, 2.24) is 0 Å². The number of hydrogen-bond acceptors (Lipinski definition) is 2. The third kappa shape index (κ3) is 2.99. The van der Waals surface area contributed by atoms with Gasteiger partial charge in [-0.3, -0.25) is 0 Å². The van der Waals surface area contributed by atoms with E-state index in [9.17, 15) is 0 Å². The van der Waals surface area contributed by atoms with Gasteiger partial charge in [0.2, 0.25) is 0 Å². The minimum absolute atomic E-state index is 0. The van der Waals surface area contributed by atoms with Gasteiger partial charge < -0.3 is 10.8 Å². The van der Waals surface area contributed by atoms with Gasteiger partial charge in [-0.1, -0.05) is 23.7 Å². The number of halogens is 2. The zero-order valence-corrected chi connectivity index (χ0v) is 7.98. The van der Waals surface area contributed by atoms with Crippen LogP contribution in [-0.2, 0) is 0 Å². The molecule has 0 radical (unpaired) electrons. The Morgan fingerprint density at radius 2 is 1.83 bits per heavy atom. The Kier molecular flexibility index (Phi) is 5.25.